The van der Waals surface area contributed by atoms with Gasteiger partial charge in [0.05, 0.1) is 68.6 Å². The van der Waals surface area contributed by atoms with Gasteiger partial charge in [-0.3, -0.25) is 14.4 Å². The largest absolute Gasteiger partial charge is 0.453 e. The molecule has 0 bridgehead atoms. The average molecular weight is 862 g/mol. The molecule has 0 radical (unpaired) electrons. The van der Waals surface area contributed by atoms with Crippen LogP contribution in [0.2, 0.25) is 0 Å². The van der Waals surface area contributed by atoms with Crippen LogP contribution in [0.25, 0.3) is 44.4 Å². The second-order valence-corrected chi connectivity index (χ2v) is 16.3. The molecule has 2 aliphatic rings. The molecular formula is C48H47N9O7. The number of carbonyl (C=O) groups is 5. The van der Waals surface area contributed by atoms with Gasteiger partial charge in [-0.1, -0.05) is 92.7 Å². The fraction of sp³-hybridized carbons (Fsp3) is 0.292. The average Bonchev–Trinajstić information content (AvgIpc) is 4.16. The van der Waals surface area contributed by atoms with Gasteiger partial charge in [0.2, 0.25) is 5.91 Å². The number of nitrogens with one attached hydrogen (secondary N) is 4. The van der Waals surface area contributed by atoms with Crippen molar-refractivity contribution in [1.82, 2.24) is 40.4 Å². The van der Waals surface area contributed by atoms with Crippen molar-refractivity contribution in [1.29, 1.82) is 5.26 Å². The zero-order valence-electron chi connectivity index (χ0n) is 35.7. The molecule has 5 atom stereocenters. The standard InChI is InChI=1S/C48H47N9O7/c1-27(2)41(54-47(61)63-3)45(59)57-26-36(58)21-40(57)44-51-24-38(53-44)35-17-16-33-19-32(14-15-34(33)20-35)29-10-12-30(13-11-29)37-23-50-43(52-37)39-18-28(22-49)25-56(39)46(60)42(55-48(62)64-4)31-8-6-5-7-9-31/h5-17,19-20,23-24,27-28,39-42H,18,21,25-26H2,1-4H3,(H,50,52)(H,51,53)(H,54,61)(H,55,62)/t28-,39+,40+,41?,42-/m1/s1. The molecule has 0 aliphatic carbocycles. The Morgan fingerprint density at radius 2 is 1.31 bits per heavy atom. The van der Waals surface area contributed by atoms with E-state index in [2.05, 4.69) is 60.9 Å². The van der Waals surface area contributed by atoms with Crippen LogP contribution in [0.3, 0.4) is 0 Å². The van der Waals surface area contributed by atoms with Gasteiger partial charge in [0.1, 0.15) is 23.7 Å². The van der Waals surface area contributed by atoms with Gasteiger partial charge in [-0.15, -0.1) is 0 Å². The summed E-state index contributed by atoms with van der Waals surface area (Å²) in [6.07, 6.45) is 2.47. The van der Waals surface area contributed by atoms with Crippen LogP contribution in [0.1, 0.15) is 62.0 Å². The van der Waals surface area contributed by atoms with Crippen molar-refractivity contribution in [2.75, 3.05) is 27.3 Å². The highest BCUT2D eigenvalue weighted by molar-refractivity contribution is 5.94. The number of aromatic amines is 2. The molecular weight excluding hydrogens is 815 g/mol. The van der Waals surface area contributed by atoms with Crippen molar-refractivity contribution >= 4 is 40.6 Å². The third-order valence-corrected chi connectivity index (χ3v) is 11.9. The Labute approximate surface area is 369 Å². The topological polar surface area (TPSA) is 215 Å². The molecule has 4 aromatic carbocycles. The van der Waals surface area contributed by atoms with E-state index in [1.54, 1.807) is 41.6 Å². The van der Waals surface area contributed by atoms with E-state index in [0.29, 0.717) is 23.6 Å². The van der Waals surface area contributed by atoms with Gasteiger partial charge in [-0.05, 0) is 57.5 Å². The Morgan fingerprint density at radius 3 is 1.95 bits per heavy atom. The minimum atomic E-state index is -1.01. The molecule has 2 saturated heterocycles. The Kier molecular flexibility index (Phi) is 12.2. The van der Waals surface area contributed by atoms with Crippen LogP contribution < -0.4 is 10.6 Å². The van der Waals surface area contributed by atoms with E-state index < -0.39 is 42.3 Å². The molecule has 8 rings (SSSR count). The number of Topliss-reactive ketones (excluding diaryl/α,β-unsaturated/α-hetero) is 1. The van der Waals surface area contributed by atoms with Crippen molar-refractivity contribution in [3.05, 3.63) is 121 Å². The molecule has 2 fully saturated rings. The lowest BCUT2D eigenvalue weighted by molar-refractivity contribution is -0.136. The Bertz CT molecular complexity index is 2760. The molecule has 6 aromatic rings. The minimum Gasteiger partial charge on any atom is -0.453 e. The van der Waals surface area contributed by atoms with Gasteiger partial charge in [0.25, 0.3) is 5.91 Å². The van der Waals surface area contributed by atoms with E-state index in [0.717, 1.165) is 44.4 Å². The molecule has 0 saturated carbocycles. The quantitative estimate of drug-likeness (QED) is 0.104. The number of nitrogens with zero attached hydrogens (tertiary/aromatic N) is 5. The van der Waals surface area contributed by atoms with E-state index in [-0.39, 0.29) is 43.0 Å². The summed E-state index contributed by atoms with van der Waals surface area (Å²) in [6, 6.07) is 28.6. The lowest BCUT2D eigenvalue weighted by Crippen LogP contribution is -2.51. The van der Waals surface area contributed by atoms with Crippen LogP contribution in [-0.2, 0) is 23.9 Å². The van der Waals surface area contributed by atoms with Crippen LogP contribution in [0, 0.1) is 23.2 Å². The van der Waals surface area contributed by atoms with Crippen LogP contribution in [0.15, 0.2) is 103 Å². The van der Waals surface area contributed by atoms with Gasteiger partial charge in [0.15, 0.2) is 5.78 Å². The molecule has 64 heavy (non-hydrogen) atoms. The van der Waals surface area contributed by atoms with Crippen LogP contribution in [0.5, 0.6) is 0 Å². The number of fused-ring (bicyclic) bond motifs is 1. The third-order valence-electron chi connectivity index (χ3n) is 11.9. The first-order chi connectivity index (χ1) is 30.9. The summed E-state index contributed by atoms with van der Waals surface area (Å²) in [5.74, 6) is -0.439. The number of benzene rings is 4. The molecule has 2 aromatic heterocycles. The second-order valence-electron chi connectivity index (χ2n) is 16.3. The number of imidazole rings is 2. The SMILES string of the molecule is COC(=O)NC(C(=O)N1CC(=O)C[C@H]1c1ncc(-c2ccc3cc(-c4ccc(-c5cnc([C@@H]6C[C@H](C#N)CN6C(=O)[C@H](NC(=O)OC)c6ccccc6)[nH]5)cc4)ccc3c2)[nH]1)C(C)C. The number of ketones is 1. The molecule has 16 heteroatoms. The van der Waals surface area contributed by atoms with Gasteiger partial charge in [-0.2, -0.15) is 5.26 Å². The van der Waals surface area contributed by atoms with Crippen LogP contribution in [0.4, 0.5) is 9.59 Å². The highest BCUT2D eigenvalue weighted by Crippen LogP contribution is 2.38. The highest BCUT2D eigenvalue weighted by Gasteiger charge is 2.42. The fourth-order valence-electron chi connectivity index (χ4n) is 8.49. The summed E-state index contributed by atoms with van der Waals surface area (Å²) in [5.41, 5.74) is 5.89. The number of hydrogen-bond donors (Lipinski definition) is 4. The van der Waals surface area contributed by atoms with E-state index in [1.165, 1.54) is 19.1 Å². The zero-order chi connectivity index (χ0) is 45.1. The highest BCUT2D eigenvalue weighted by atomic mass is 16.5. The summed E-state index contributed by atoms with van der Waals surface area (Å²) in [6.45, 7) is 3.76. The van der Waals surface area contributed by atoms with E-state index in [4.69, 9.17) is 9.47 Å². The summed E-state index contributed by atoms with van der Waals surface area (Å²) in [4.78, 5) is 83.7. The first-order valence-corrected chi connectivity index (χ1v) is 21.0. The monoisotopic (exact) mass is 861 g/mol. The molecule has 2 aliphatic heterocycles. The smallest absolute Gasteiger partial charge is 0.407 e. The number of methoxy groups -OCH3 is 2. The Hall–Kier alpha value is -7.80. The zero-order valence-corrected chi connectivity index (χ0v) is 35.7. The summed E-state index contributed by atoms with van der Waals surface area (Å²) in [5, 5.41) is 17.2. The van der Waals surface area contributed by atoms with E-state index in [9.17, 15) is 29.2 Å². The van der Waals surface area contributed by atoms with E-state index >= 15 is 0 Å². The number of aromatic nitrogens is 4. The maximum absolute atomic E-state index is 14.1. The summed E-state index contributed by atoms with van der Waals surface area (Å²) < 4.78 is 9.54. The van der Waals surface area contributed by atoms with Crippen molar-refractivity contribution in [3.63, 3.8) is 0 Å². The number of ether oxygens (including phenoxy) is 2. The number of nitriles is 1. The van der Waals surface area contributed by atoms with Gasteiger partial charge >= 0.3 is 12.2 Å². The van der Waals surface area contributed by atoms with E-state index in [1.807, 2.05) is 56.3 Å². The van der Waals surface area contributed by atoms with Crippen molar-refractivity contribution < 1.29 is 33.4 Å². The number of amides is 4. The molecule has 4 amide bonds. The van der Waals surface area contributed by atoms with Gasteiger partial charge < -0.3 is 39.9 Å². The number of H-pyrrole nitrogens is 2. The van der Waals surface area contributed by atoms with Gasteiger partial charge in [-0.25, -0.2) is 19.6 Å². The molecule has 326 valence electrons. The van der Waals surface area contributed by atoms with Crippen LogP contribution in [-0.4, -0.2) is 92.9 Å². The van der Waals surface area contributed by atoms with Crippen molar-refractivity contribution in [2.45, 2.75) is 50.9 Å². The molecule has 4 N–H and O–H groups in total. The predicted octanol–water partition coefficient (Wildman–Crippen LogP) is 7.02. The maximum Gasteiger partial charge on any atom is 0.407 e. The summed E-state index contributed by atoms with van der Waals surface area (Å²) in [7, 11) is 2.47. The first-order valence-electron chi connectivity index (χ1n) is 21.0. The number of rotatable bonds is 11. The number of hydrogen-bond acceptors (Lipinski definition) is 10. The molecule has 1 unspecified atom stereocenters. The lowest BCUT2D eigenvalue weighted by Gasteiger charge is -2.29. The maximum atomic E-state index is 14.1. The minimum absolute atomic E-state index is 0.0694. The Morgan fingerprint density at radius 1 is 0.734 bits per heavy atom. The lowest BCUT2D eigenvalue weighted by atomic mass is 9.98. The molecule has 0 spiro atoms. The third kappa shape index (κ3) is 8.78. The van der Waals surface area contributed by atoms with Gasteiger partial charge in [0, 0.05) is 18.5 Å². The fourth-order valence-corrected chi connectivity index (χ4v) is 8.49. The normalized spacial score (nSPS) is 18.1. The number of carbonyl (C=O) groups excluding carboxylic acids is 5. The van der Waals surface area contributed by atoms with Crippen molar-refractivity contribution in [3.8, 4) is 39.7 Å². The molecule has 16 nitrogen and oxygen atoms in total. The molecule has 4 heterocycles. The summed E-state index contributed by atoms with van der Waals surface area (Å²) >= 11 is 0. The second kappa shape index (κ2) is 18.3. The van der Waals surface area contributed by atoms with Crippen LogP contribution >= 0.6 is 0 Å². The number of alkyl carbamates (subject to hydrolysis) is 2. The Balaban J connectivity index is 0.965. The predicted molar refractivity (Wildman–Crippen MR) is 236 cm³/mol. The van der Waals surface area contributed by atoms with Crippen molar-refractivity contribution in [2.24, 2.45) is 11.8 Å². The number of likely N-dealkylation sites (tertiary alicyclic amines) is 2. The first kappa shape index (κ1) is 42.9.